The van der Waals surface area contributed by atoms with Crippen LogP contribution in [-0.2, 0) is 0 Å². The van der Waals surface area contributed by atoms with Crippen molar-refractivity contribution in [2.75, 3.05) is 18.8 Å². The summed E-state index contributed by atoms with van der Waals surface area (Å²) in [6.07, 6.45) is 3.34. The number of carbonyl (C=O) groups excluding carboxylic acids is 1. The van der Waals surface area contributed by atoms with Crippen LogP contribution < -0.4 is 5.73 Å². The van der Waals surface area contributed by atoms with Gasteiger partial charge in [-0.15, -0.1) is 0 Å². The predicted octanol–water partition coefficient (Wildman–Crippen LogP) is 2.39. The van der Waals surface area contributed by atoms with Crippen molar-refractivity contribution in [1.29, 1.82) is 0 Å². The fourth-order valence-electron chi connectivity index (χ4n) is 2.73. The molecule has 1 amide bonds. The molecule has 3 rings (SSSR count). The molecule has 0 aliphatic carbocycles. The highest BCUT2D eigenvalue weighted by molar-refractivity contribution is 5.93. The SMILES string of the molecule is Cc1cccc(-n2nc(C(=O)N3CCCCC3)cc2N)c1. The number of hydrogen-bond donors (Lipinski definition) is 1. The first-order valence-corrected chi connectivity index (χ1v) is 7.37. The third-order valence-corrected chi connectivity index (χ3v) is 3.85. The summed E-state index contributed by atoms with van der Waals surface area (Å²) in [6.45, 7) is 3.65. The van der Waals surface area contributed by atoms with E-state index in [9.17, 15) is 4.79 Å². The summed E-state index contributed by atoms with van der Waals surface area (Å²) in [7, 11) is 0. The van der Waals surface area contributed by atoms with Crippen molar-refractivity contribution >= 4 is 11.7 Å². The van der Waals surface area contributed by atoms with Gasteiger partial charge in [-0.25, -0.2) is 4.68 Å². The molecule has 1 saturated heterocycles. The van der Waals surface area contributed by atoms with E-state index in [2.05, 4.69) is 5.10 Å². The molecule has 0 radical (unpaired) electrons. The smallest absolute Gasteiger partial charge is 0.274 e. The van der Waals surface area contributed by atoms with Crippen LogP contribution in [0.15, 0.2) is 30.3 Å². The van der Waals surface area contributed by atoms with Crippen LogP contribution in [0.25, 0.3) is 5.69 Å². The van der Waals surface area contributed by atoms with E-state index in [4.69, 9.17) is 5.73 Å². The fourth-order valence-corrected chi connectivity index (χ4v) is 2.73. The molecule has 1 fully saturated rings. The van der Waals surface area contributed by atoms with Gasteiger partial charge in [-0.2, -0.15) is 5.10 Å². The molecule has 0 bridgehead atoms. The lowest BCUT2D eigenvalue weighted by Crippen LogP contribution is -2.35. The lowest BCUT2D eigenvalue weighted by Gasteiger charge is -2.25. The quantitative estimate of drug-likeness (QED) is 0.921. The number of anilines is 1. The number of benzene rings is 1. The molecule has 1 aromatic heterocycles. The molecule has 2 N–H and O–H groups in total. The second kappa shape index (κ2) is 5.60. The number of carbonyl (C=O) groups is 1. The zero-order chi connectivity index (χ0) is 14.8. The van der Waals surface area contributed by atoms with Crippen molar-refractivity contribution in [2.24, 2.45) is 0 Å². The molecule has 1 aromatic carbocycles. The molecule has 1 aliphatic heterocycles. The van der Waals surface area contributed by atoms with E-state index in [0.717, 1.165) is 37.2 Å². The molecule has 2 aromatic rings. The summed E-state index contributed by atoms with van der Waals surface area (Å²) in [6, 6.07) is 9.57. The first kappa shape index (κ1) is 13.7. The number of rotatable bonds is 2. The molecule has 5 nitrogen and oxygen atoms in total. The minimum absolute atomic E-state index is 0.0206. The van der Waals surface area contributed by atoms with E-state index in [1.54, 1.807) is 10.7 Å². The van der Waals surface area contributed by atoms with Gasteiger partial charge in [0.25, 0.3) is 5.91 Å². The predicted molar refractivity (Wildman–Crippen MR) is 82.5 cm³/mol. The number of likely N-dealkylation sites (tertiary alicyclic amines) is 1. The Morgan fingerprint density at radius 1 is 1.19 bits per heavy atom. The van der Waals surface area contributed by atoms with E-state index < -0.39 is 0 Å². The van der Waals surface area contributed by atoms with Gasteiger partial charge in [-0.3, -0.25) is 4.79 Å². The van der Waals surface area contributed by atoms with Crippen LogP contribution >= 0.6 is 0 Å². The fraction of sp³-hybridized carbons (Fsp3) is 0.375. The third kappa shape index (κ3) is 2.77. The van der Waals surface area contributed by atoms with E-state index in [-0.39, 0.29) is 5.91 Å². The second-order valence-electron chi connectivity index (χ2n) is 5.56. The Kier molecular flexibility index (Phi) is 3.64. The zero-order valence-electron chi connectivity index (χ0n) is 12.2. The van der Waals surface area contributed by atoms with Crippen molar-refractivity contribution in [3.05, 3.63) is 41.6 Å². The number of nitrogens with zero attached hydrogens (tertiary/aromatic N) is 3. The highest BCUT2D eigenvalue weighted by atomic mass is 16.2. The van der Waals surface area contributed by atoms with E-state index in [1.807, 2.05) is 36.1 Å². The van der Waals surface area contributed by atoms with Crippen LogP contribution in [0.2, 0.25) is 0 Å². The molecule has 0 atom stereocenters. The van der Waals surface area contributed by atoms with Crippen molar-refractivity contribution in [3.63, 3.8) is 0 Å². The second-order valence-corrected chi connectivity index (χ2v) is 5.56. The van der Waals surface area contributed by atoms with Crippen LogP contribution in [0.5, 0.6) is 0 Å². The minimum atomic E-state index is -0.0206. The normalized spacial score (nSPS) is 15.2. The van der Waals surface area contributed by atoms with Crippen molar-refractivity contribution in [3.8, 4) is 5.69 Å². The summed E-state index contributed by atoms with van der Waals surface area (Å²) in [4.78, 5) is 14.3. The van der Waals surface area contributed by atoms with Gasteiger partial charge in [-0.05, 0) is 43.9 Å². The first-order chi connectivity index (χ1) is 10.1. The molecule has 1 aliphatic rings. The van der Waals surface area contributed by atoms with Gasteiger partial charge < -0.3 is 10.6 Å². The number of hydrogen-bond acceptors (Lipinski definition) is 3. The number of piperidine rings is 1. The lowest BCUT2D eigenvalue weighted by atomic mass is 10.1. The monoisotopic (exact) mass is 284 g/mol. The number of nitrogen functional groups attached to an aromatic ring is 1. The molecule has 2 heterocycles. The Balaban J connectivity index is 1.88. The van der Waals surface area contributed by atoms with Gasteiger partial charge in [0, 0.05) is 19.2 Å². The molecule has 110 valence electrons. The number of nitrogens with two attached hydrogens (primary N) is 1. The van der Waals surface area contributed by atoms with Crippen molar-refractivity contribution < 1.29 is 4.79 Å². The maximum Gasteiger partial charge on any atom is 0.274 e. The average Bonchev–Trinajstić information content (AvgIpc) is 2.89. The van der Waals surface area contributed by atoms with Crippen molar-refractivity contribution in [1.82, 2.24) is 14.7 Å². The first-order valence-electron chi connectivity index (χ1n) is 7.37. The maximum absolute atomic E-state index is 12.5. The van der Waals surface area contributed by atoms with Gasteiger partial charge in [0.15, 0.2) is 5.69 Å². The summed E-state index contributed by atoms with van der Waals surface area (Å²) >= 11 is 0. The van der Waals surface area contributed by atoms with Crippen molar-refractivity contribution in [2.45, 2.75) is 26.2 Å². The van der Waals surface area contributed by atoms with Gasteiger partial charge in [-0.1, -0.05) is 12.1 Å². The standard InChI is InChI=1S/C16H20N4O/c1-12-6-5-7-13(10-12)20-15(17)11-14(18-20)16(21)19-8-3-2-4-9-19/h5-7,10-11H,2-4,8-9,17H2,1H3. The molecular formula is C16H20N4O. The largest absolute Gasteiger partial charge is 0.384 e. The Morgan fingerprint density at radius 3 is 2.67 bits per heavy atom. The van der Waals surface area contributed by atoms with Crippen LogP contribution in [0.4, 0.5) is 5.82 Å². The van der Waals surface area contributed by atoms with E-state index >= 15 is 0 Å². The van der Waals surface area contributed by atoms with Crippen LogP contribution in [0, 0.1) is 6.92 Å². The molecule has 0 saturated carbocycles. The van der Waals surface area contributed by atoms with E-state index in [0.29, 0.717) is 11.5 Å². The van der Waals surface area contributed by atoms with Gasteiger partial charge in [0.2, 0.25) is 0 Å². The summed E-state index contributed by atoms with van der Waals surface area (Å²) in [5.74, 6) is 0.466. The lowest BCUT2D eigenvalue weighted by molar-refractivity contribution is 0.0718. The maximum atomic E-state index is 12.5. The highest BCUT2D eigenvalue weighted by Gasteiger charge is 2.21. The third-order valence-electron chi connectivity index (χ3n) is 3.85. The Labute approximate surface area is 124 Å². The summed E-state index contributed by atoms with van der Waals surface area (Å²) in [5.41, 5.74) is 8.46. The molecule has 0 unspecified atom stereocenters. The minimum Gasteiger partial charge on any atom is -0.384 e. The summed E-state index contributed by atoms with van der Waals surface area (Å²) < 4.78 is 1.63. The number of aromatic nitrogens is 2. The zero-order valence-corrected chi connectivity index (χ0v) is 12.2. The number of aryl methyl sites for hydroxylation is 1. The Morgan fingerprint density at radius 2 is 1.95 bits per heavy atom. The van der Waals surface area contributed by atoms with Crippen LogP contribution in [0.1, 0.15) is 35.3 Å². The molecule has 0 spiro atoms. The Bertz CT molecular complexity index is 656. The number of amides is 1. The summed E-state index contributed by atoms with van der Waals surface area (Å²) in [5, 5.41) is 4.40. The highest BCUT2D eigenvalue weighted by Crippen LogP contribution is 2.18. The Hall–Kier alpha value is -2.30. The molecular weight excluding hydrogens is 264 g/mol. The van der Waals surface area contributed by atoms with Gasteiger partial charge in [0.1, 0.15) is 5.82 Å². The van der Waals surface area contributed by atoms with Crippen LogP contribution in [0.3, 0.4) is 0 Å². The van der Waals surface area contributed by atoms with Gasteiger partial charge in [0.05, 0.1) is 5.69 Å². The van der Waals surface area contributed by atoms with Gasteiger partial charge >= 0.3 is 0 Å². The van der Waals surface area contributed by atoms with E-state index in [1.165, 1.54) is 6.42 Å². The molecule has 5 heteroatoms. The molecule has 21 heavy (non-hydrogen) atoms. The van der Waals surface area contributed by atoms with Crippen LogP contribution in [-0.4, -0.2) is 33.7 Å². The average molecular weight is 284 g/mol. The topological polar surface area (TPSA) is 64.2 Å².